The summed E-state index contributed by atoms with van der Waals surface area (Å²) in [6, 6.07) is 6.20. The summed E-state index contributed by atoms with van der Waals surface area (Å²) in [7, 11) is -1.68. The van der Waals surface area contributed by atoms with Gasteiger partial charge in [0.2, 0.25) is 10.0 Å². The molecule has 1 aromatic rings. The Morgan fingerprint density at radius 3 is 2.16 bits per heavy atom. The van der Waals surface area contributed by atoms with Gasteiger partial charge in [-0.2, -0.15) is 0 Å². The lowest BCUT2D eigenvalue weighted by atomic mass is 9.80. The van der Waals surface area contributed by atoms with Crippen molar-refractivity contribution >= 4 is 27.9 Å². The molecular weight excluding hydrogens is 498 g/mol. The minimum absolute atomic E-state index is 0.0236. The molecule has 1 aromatic carbocycles. The predicted octanol–water partition coefficient (Wildman–Crippen LogP) is 3.46. The normalized spacial score (nSPS) is 11.9. The monoisotopic (exact) mass is 535 g/mol. The molecule has 204 valence electrons. The molecule has 0 aliphatic carbocycles. The molecule has 1 N–H and O–H groups in total. The Labute approximate surface area is 220 Å². The van der Waals surface area contributed by atoms with E-state index >= 15 is 0 Å². The van der Waals surface area contributed by atoms with Gasteiger partial charge >= 0.3 is 17.9 Å². The number of carbonyl (C=O) groups is 3. The molecule has 0 atom stereocenters. The molecular formula is C27H37NO8S. The Bertz CT molecular complexity index is 1110. The van der Waals surface area contributed by atoms with Gasteiger partial charge in [-0.3, -0.25) is 9.59 Å². The van der Waals surface area contributed by atoms with E-state index in [4.69, 9.17) is 14.2 Å². The van der Waals surface area contributed by atoms with Gasteiger partial charge in [0.05, 0.1) is 25.2 Å². The summed E-state index contributed by atoms with van der Waals surface area (Å²) in [6.07, 6.45) is 2.69. The average Bonchev–Trinajstić information content (AvgIpc) is 2.86. The molecule has 0 heterocycles. The maximum atomic E-state index is 12.8. The first-order valence-corrected chi connectivity index (χ1v) is 13.5. The van der Waals surface area contributed by atoms with Crippen molar-refractivity contribution in [1.82, 2.24) is 4.72 Å². The van der Waals surface area contributed by atoms with Gasteiger partial charge in [0.25, 0.3) is 0 Å². The smallest absolute Gasteiger partial charge is 0.335 e. The SMILES string of the molecule is CCCCC#CCC(C/C=C(/CNS(=O)(=O)c1ccc(C)cc1)C(=O)OC(C)C)(C(=O)OC)C(=O)OC. The summed E-state index contributed by atoms with van der Waals surface area (Å²) in [4.78, 5) is 38.4. The lowest BCUT2D eigenvalue weighted by Gasteiger charge is -2.25. The van der Waals surface area contributed by atoms with Crippen molar-refractivity contribution in [1.29, 1.82) is 0 Å². The second-order valence-corrected chi connectivity index (χ2v) is 10.5. The molecule has 0 aromatic heterocycles. The number of aryl methyl sites for hydroxylation is 1. The molecule has 0 spiro atoms. The van der Waals surface area contributed by atoms with Gasteiger partial charge in [0, 0.05) is 25.0 Å². The van der Waals surface area contributed by atoms with E-state index < -0.39 is 46.0 Å². The second-order valence-electron chi connectivity index (χ2n) is 8.72. The number of allylic oxidation sites excluding steroid dienone is 1. The molecule has 0 fully saturated rings. The van der Waals surface area contributed by atoms with E-state index in [1.54, 1.807) is 26.0 Å². The van der Waals surface area contributed by atoms with Crippen LogP contribution in [-0.4, -0.2) is 53.2 Å². The largest absolute Gasteiger partial charge is 0.468 e. The van der Waals surface area contributed by atoms with Crippen molar-refractivity contribution in [2.45, 2.75) is 70.8 Å². The topological polar surface area (TPSA) is 125 Å². The van der Waals surface area contributed by atoms with Gasteiger partial charge in [0.15, 0.2) is 5.41 Å². The van der Waals surface area contributed by atoms with E-state index in [0.717, 1.165) is 32.6 Å². The van der Waals surface area contributed by atoms with Crippen molar-refractivity contribution in [2.75, 3.05) is 20.8 Å². The Hall–Kier alpha value is -3.16. The van der Waals surface area contributed by atoms with Crippen molar-refractivity contribution < 1.29 is 37.0 Å². The maximum Gasteiger partial charge on any atom is 0.335 e. The first-order chi connectivity index (χ1) is 17.4. The third kappa shape index (κ3) is 9.67. The first-order valence-electron chi connectivity index (χ1n) is 12.0. The number of ether oxygens (including phenoxy) is 3. The summed E-state index contributed by atoms with van der Waals surface area (Å²) in [5, 5.41) is 0. The van der Waals surface area contributed by atoms with Gasteiger partial charge in [-0.1, -0.05) is 37.1 Å². The molecule has 0 saturated carbocycles. The van der Waals surface area contributed by atoms with Crippen LogP contribution in [0.5, 0.6) is 0 Å². The molecule has 0 radical (unpaired) electrons. The fourth-order valence-corrected chi connectivity index (χ4v) is 4.22. The van der Waals surface area contributed by atoms with Gasteiger partial charge < -0.3 is 14.2 Å². The summed E-state index contributed by atoms with van der Waals surface area (Å²) >= 11 is 0. The number of esters is 3. The number of nitrogens with one attached hydrogen (secondary N) is 1. The zero-order valence-corrected chi connectivity index (χ0v) is 23.2. The molecule has 0 aliphatic rings. The number of hydrogen-bond acceptors (Lipinski definition) is 8. The van der Waals surface area contributed by atoms with Crippen LogP contribution in [0, 0.1) is 24.2 Å². The lowest BCUT2D eigenvalue weighted by molar-refractivity contribution is -0.168. The minimum atomic E-state index is -3.96. The number of methoxy groups -OCH3 is 2. The fourth-order valence-electron chi connectivity index (χ4n) is 3.21. The average molecular weight is 536 g/mol. The summed E-state index contributed by atoms with van der Waals surface area (Å²) < 4.78 is 43.0. The highest BCUT2D eigenvalue weighted by Gasteiger charge is 2.47. The third-order valence-electron chi connectivity index (χ3n) is 5.41. The van der Waals surface area contributed by atoms with E-state index in [9.17, 15) is 22.8 Å². The Morgan fingerprint density at radius 2 is 1.65 bits per heavy atom. The first kappa shape index (κ1) is 31.9. The van der Waals surface area contributed by atoms with Gasteiger partial charge in [-0.05, 0) is 45.7 Å². The number of rotatable bonds is 13. The van der Waals surface area contributed by atoms with Crippen LogP contribution < -0.4 is 4.72 Å². The molecule has 0 bridgehead atoms. The molecule has 1 rings (SSSR count). The van der Waals surface area contributed by atoms with Crippen LogP contribution in [0.4, 0.5) is 0 Å². The van der Waals surface area contributed by atoms with E-state index in [0.29, 0.717) is 6.42 Å². The van der Waals surface area contributed by atoms with Gasteiger partial charge in [-0.25, -0.2) is 17.9 Å². The highest BCUT2D eigenvalue weighted by atomic mass is 32.2. The van der Waals surface area contributed by atoms with E-state index in [1.165, 1.54) is 18.2 Å². The summed E-state index contributed by atoms with van der Waals surface area (Å²) in [5.74, 6) is 3.24. The molecule has 0 amide bonds. The molecule has 0 aliphatic heterocycles. The lowest BCUT2D eigenvalue weighted by Crippen LogP contribution is -2.41. The van der Waals surface area contributed by atoms with Crippen LogP contribution in [0.25, 0.3) is 0 Å². The molecule has 37 heavy (non-hydrogen) atoms. The Morgan fingerprint density at radius 1 is 1.05 bits per heavy atom. The van der Waals surface area contributed by atoms with E-state index in [-0.39, 0.29) is 23.3 Å². The fraction of sp³-hybridized carbons (Fsp3) is 0.519. The van der Waals surface area contributed by atoms with Crippen molar-refractivity contribution in [3.05, 3.63) is 41.5 Å². The second kappa shape index (κ2) is 15.2. The maximum absolute atomic E-state index is 12.8. The standard InChI is InChI=1S/C27H37NO8S/c1-7-8-9-10-11-17-27(25(30)34-5,26(31)35-6)18-16-22(24(29)36-20(2)3)19-28-37(32,33)23-14-12-21(4)13-15-23/h12-16,20,28H,7-9,17-19H2,1-6H3/b22-16-. The third-order valence-corrected chi connectivity index (χ3v) is 6.83. The Kier molecular flexibility index (Phi) is 13.1. The predicted molar refractivity (Wildman–Crippen MR) is 139 cm³/mol. The molecule has 10 heteroatoms. The minimum Gasteiger partial charge on any atom is -0.468 e. The van der Waals surface area contributed by atoms with Crippen LogP contribution in [0.2, 0.25) is 0 Å². The van der Waals surface area contributed by atoms with Gasteiger partial charge in [0.1, 0.15) is 0 Å². The number of unbranched alkanes of at least 4 members (excludes halogenated alkanes) is 2. The quantitative estimate of drug-likeness (QED) is 0.102. The summed E-state index contributed by atoms with van der Waals surface area (Å²) in [6.45, 7) is 6.71. The van der Waals surface area contributed by atoms with Gasteiger partial charge in [-0.15, -0.1) is 11.8 Å². The zero-order chi connectivity index (χ0) is 28.1. The highest BCUT2D eigenvalue weighted by Crippen LogP contribution is 2.31. The van der Waals surface area contributed by atoms with E-state index in [2.05, 4.69) is 16.6 Å². The number of sulfonamides is 1. The van der Waals surface area contributed by atoms with Crippen LogP contribution >= 0.6 is 0 Å². The number of hydrogen-bond donors (Lipinski definition) is 1. The highest BCUT2D eigenvalue weighted by molar-refractivity contribution is 7.89. The van der Waals surface area contributed by atoms with Crippen LogP contribution in [0.1, 0.15) is 58.4 Å². The number of carbonyl (C=O) groups excluding carboxylic acids is 3. The Balaban J connectivity index is 3.37. The van der Waals surface area contributed by atoms with Crippen molar-refractivity contribution in [3.8, 4) is 11.8 Å². The molecule has 0 saturated heterocycles. The van der Waals surface area contributed by atoms with Crippen LogP contribution in [-0.2, 0) is 38.6 Å². The van der Waals surface area contributed by atoms with Crippen molar-refractivity contribution in [3.63, 3.8) is 0 Å². The van der Waals surface area contributed by atoms with E-state index in [1.807, 2.05) is 13.8 Å². The number of benzene rings is 1. The van der Waals surface area contributed by atoms with Crippen LogP contribution in [0.3, 0.4) is 0 Å². The van der Waals surface area contributed by atoms with Crippen LogP contribution in [0.15, 0.2) is 40.8 Å². The summed E-state index contributed by atoms with van der Waals surface area (Å²) in [5.41, 5.74) is -1.04. The van der Waals surface area contributed by atoms with Crippen molar-refractivity contribution in [2.24, 2.45) is 5.41 Å². The molecule has 0 unspecified atom stereocenters. The molecule has 9 nitrogen and oxygen atoms in total. The zero-order valence-electron chi connectivity index (χ0n) is 22.4.